The number of halogens is 1. The second-order valence-corrected chi connectivity index (χ2v) is 7.08. The summed E-state index contributed by atoms with van der Waals surface area (Å²) in [4.78, 5) is 12.9. The Hall–Kier alpha value is -2.43. The van der Waals surface area contributed by atoms with E-state index in [9.17, 15) is 4.79 Å². The van der Waals surface area contributed by atoms with Crippen LogP contribution in [-0.4, -0.2) is 11.9 Å². The molecule has 130 valence electrons. The van der Waals surface area contributed by atoms with E-state index in [0.29, 0.717) is 17.9 Å². The molecular weight excluding hydrogens is 392 g/mol. The van der Waals surface area contributed by atoms with Gasteiger partial charge in [-0.05, 0) is 35.4 Å². The minimum absolute atomic E-state index is 0.0402. The van der Waals surface area contributed by atoms with Crippen LogP contribution < -0.4 is 4.74 Å². The number of ether oxygens (including phenoxy) is 2. The lowest BCUT2D eigenvalue weighted by Gasteiger charge is -2.10. The van der Waals surface area contributed by atoms with Crippen LogP contribution in [-0.2, 0) is 11.3 Å². The molecule has 0 spiro atoms. The van der Waals surface area contributed by atoms with Crippen LogP contribution in [0.3, 0.4) is 0 Å². The van der Waals surface area contributed by atoms with E-state index < -0.39 is 6.10 Å². The first-order valence-corrected chi connectivity index (χ1v) is 9.22. The SMILES string of the molecule is O=C(c1ccccc1OCc1ccccc1)[C@H]1O[C@H]1c1ccc(Br)cc1. The summed E-state index contributed by atoms with van der Waals surface area (Å²) < 4.78 is 12.6. The average Bonchev–Trinajstić information content (AvgIpc) is 3.48. The van der Waals surface area contributed by atoms with E-state index in [1.165, 1.54) is 0 Å². The fourth-order valence-corrected chi connectivity index (χ4v) is 3.17. The fourth-order valence-electron chi connectivity index (χ4n) is 2.90. The number of benzene rings is 3. The van der Waals surface area contributed by atoms with Crippen molar-refractivity contribution in [3.63, 3.8) is 0 Å². The summed E-state index contributed by atoms with van der Waals surface area (Å²) >= 11 is 3.42. The van der Waals surface area contributed by atoms with Gasteiger partial charge in [0.1, 0.15) is 18.5 Å². The molecule has 0 amide bonds. The van der Waals surface area contributed by atoms with Crippen molar-refractivity contribution in [2.75, 3.05) is 0 Å². The molecule has 4 rings (SSSR count). The molecule has 3 nitrogen and oxygen atoms in total. The molecule has 0 aliphatic carbocycles. The average molecular weight is 409 g/mol. The topological polar surface area (TPSA) is 38.8 Å². The summed E-state index contributed by atoms with van der Waals surface area (Å²) in [7, 11) is 0. The monoisotopic (exact) mass is 408 g/mol. The van der Waals surface area contributed by atoms with Crippen molar-refractivity contribution in [2.24, 2.45) is 0 Å². The molecule has 0 unspecified atom stereocenters. The zero-order valence-corrected chi connectivity index (χ0v) is 15.6. The molecule has 0 N–H and O–H groups in total. The highest BCUT2D eigenvalue weighted by Gasteiger charge is 2.46. The lowest BCUT2D eigenvalue weighted by molar-refractivity contribution is 0.0949. The van der Waals surface area contributed by atoms with Gasteiger partial charge in [0.15, 0.2) is 11.9 Å². The standard InChI is InChI=1S/C22H17BrO3/c23-17-12-10-16(11-13-17)21-22(26-21)20(24)18-8-4-5-9-19(18)25-14-15-6-2-1-3-7-15/h1-13,21-22H,14H2/t21-,22+/m0/s1. The molecule has 1 fully saturated rings. The Morgan fingerprint density at radius 3 is 2.38 bits per heavy atom. The molecule has 3 aromatic rings. The van der Waals surface area contributed by atoms with Gasteiger partial charge in [-0.2, -0.15) is 0 Å². The van der Waals surface area contributed by atoms with Crippen molar-refractivity contribution < 1.29 is 14.3 Å². The summed E-state index contributed by atoms with van der Waals surface area (Å²) in [5.41, 5.74) is 2.63. The Morgan fingerprint density at radius 1 is 0.923 bits per heavy atom. The zero-order valence-electron chi connectivity index (χ0n) is 14.0. The van der Waals surface area contributed by atoms with Gasteiger partial charge in [-0.25, -0.2) is 0 Å². The predicted molar refractivity (Wildman–Crippen MR) is 103 cm³/mol. The molecule has 1 saturated heterocycles. The molecule has 1 aliphatic heterocycles. The molecule has 0 radical (unpaired) electrons. The van der Waals surface area contributed by atoms with E-state index in [1.807, 2.05) is 72.8 Å². The second kappa shape index (κ2) is 7.44. The molecule has 26 heavy (non-hydrogen) atoms. The van der Waals surface area contributed by atoms with E-state index in [1.54, 1.807) is 6.07 Å². The summed E-state index contributed by atoms with van der Waals surface area (Å²) in [6.07, 6.45) is -0.629. The summed E-state index contributed by atoms with van der Waals surface area (Å²) in [5.74, 6) is 0.549. The number of carbonyl (C=O) groups is 1. The quantitative estimate of drug-likeness (QED) is 0.407. The van der Waals surface area contributed by atoms with Crippen molar-refractivity contribution in [3.8, 4) is 5.75 Å². The number of rotatable bonds is 6. The molecule has 0 saturated carbocycles. The minimum atomic E-state index is -0.447. The van der Waals surface area contributed by atoms with Crippen LogP contribution in [0.5, 0.6) is 5.75 Å². The summed E-state index contributed by atoms with van der Waals surface area (Å²) in [6.45, 7) is 0.423. The van der Waals surface area contributed by atoms with Crippen molar-refractivity contribution in [1.82, 2.24) is 0 Å². The van der Waals surface area contributed by atoms with Gasteiger partial charge in [0.2, 0.25) is 0 Å². The number of epoxide rings is 1. The first-order valence-electron chi connectivity index (χ1n) is 8.43. The van der Waals surface area contributed by atoms with E-state index in [-0.39, 0.29) is 11.9 Å². The zero-order chi connectivity index (χ0) is 17.9. The van der Waals surface area contributed by atoms with Gasteiger partial charge >= 0.3 is 0 Å². The van der Waals surface area contributed by atoms with Crippen molar-refractivity contribution in [2.45, 2.75) is 18.8 Å². The molecule has 1 heterocycles. The van der Waals surface area contributed by atoms with Gasteiger partial charge in [-0.1, -0.05) is 70.5 Å². The number of hydrogen-bond acceptors (Lipinski definition) is 3. The van der Waals surface area contributed by atoms with Crippen LogP contribution in [0.4, 0.5) is 0 Å². The Morgan fingerprint density at radius 2 is 1.62 bits per heavy atom. The first-order chi connectivity index (χ1) is 12.7. The Bertz CT molecular complexity index is 906. The van der Waals surface area contributed by atoms with Gasteiger partial charge in [0, 0.05) is 4.47 Å². The number of hydrogen-bond donors (Lipinski definition) is 0. The fraction of sp³-hybridized carbons (Fsp3) is 0.136. The third-order valence-electron chi connectivity index (χ3n) is 4.34. The largest absolute Gasteiger partial charge is 0.488 e. The van der Waals surface area contributed by atoms with E-state index in [4.69, 9.17) is 9.47 Å². The Kier molecular flexibility index (Phi) is 4.87. The molecule has 1 aliphatic rings. The summed E-state index contributed by atoms with van der Waals surface area (Å²) in [6, 6.07) is 25.1. The van der Waals surface area contributed by atoms with Crippen LogP contribution in [0.1, 0.15) is 27.6 Å². The van der Waals surface area contributed by atoms with Crippen molar-refractivity contribution >= 4 is 21.7 Å². The number of carbonyl (C=O) groups excluding carboxylic acids is 1. The van der Waals surface area contributed by atoms with Gasteiger partial charge in [0.05, 0.1) is 5.56 Å². The summed E-state index contributed by atoms with van der Waals surface area (Å²) in [5, 5.41) is 0. The predicted octanol–water partition coefficient (Wildman–Crippen LogP) is 5.35. The number of Topliss-reactive ketones (excluding diaryl/α,β-unsaturated/α-hetero) is 1. The second-order valence-electron chi connectivity index (χ2n) is 6.16. The van der Waals surface area contributed by atoms with E-state index >= 15 is 0 Å². The van der Waals surface area contributed by atoms with E-state index in [2.05, 4.69) is 15.9 Å². The van der Waals surface area contributed by atoms with Gasteiger partial charge in [-0.15, -0.1) is 0 Å². The van der Waals surface area contributed by atoms with Crippen LogP contribution in [0.25, 0.3) is 0 Å². The Labute approximate surface area is 160 Å². The highest BCUT2D eigenvalue weighted by Crippen LogP contribution is 2.42. The van der Waals surface area contributed by atoms with Crippen molar-refractivity contribution in [1.29, 1.82) is 0 Å². The van der Waals surface area contributed by atoms with Crippen LogP contribution in [0, 0.1) is 0 Å². The van der Waals surface area contributed by atoms with E-state index in [0.717, 1.165) is 15.6 Å². The molecule has 0 bridgehead atoms. The van der Waals surface area contributed by atoms with Gasteiger partial charge < -0.3 is 9.47 Å². The number of para-hydroxylation sites is 1. The third kappa shape index (κ3) is 3.71. The third-order valence-corrected chi connectivity index (χ3v) is 4.87. The molecular formula is C22H17BrO3. The number of ketones is 1. The maximum atomic E-state index is 12.9. The Balaban J connectivity index is 1.48. The molecule has 2 atom stereocenters. The lowest BCUT2D eigenvalue weighted by atomic mass is 10.0. The van der Waals surface area contributed by atoms with Crippen LogP contribution in [0.15, 0.2) is 83.3 Å². The highest BCUT2D eigenvalue weighted by molar-refractivity contribution is 9.10. The van der Waals surface area contributed by atoms with Crippen molar-refractivity contribution in [3.05, 3.63) is 100 Å². The first kappa shape index (κ1) is 17.0. The highest BCUT2D eigenvalue weighted by atomic mass is 79.9. The smallest absolute Gasteiger partial charge is 0.198 e. The molecule has 3 aromatic carbocycles. The molecule has 0 aromatic heterocycles. The lowest BCUT2D eigenvalue weighted by Crippen LogP contribution is -2.10. The van der Waals surface area contributed by atoms with Gasteiger partial charge in [0.25, 0.3) is 0 Å². The minimum Gasteiger partial charge on any atom is -0.488 e. The van der Waals surface area contributed by atoms with Gasteiger partial charge in [-0.3, -0.25) is 4.79 Å². The maximum absolute atomic E-state index is 12.9. The van der Waals surface area contributed by atoms with Crippen LogP contribution >= 0.6 is 15.9 Å². The normalized spacial score (nSPS) is 18.3. The molecule has 4 heteroatoms. The maximum Gasteiger partial charge on any atom is 0.198 e. The van der Waals surface area contributed by atoms with Crippen LogP contribution in [0.2, 0.25) is 0 Å².